The number of carbonyl (C=O) groups is 1. The van der Waals surface area contributed by atoms with E-state index in [1.165, 1.54) is 12.5 Å². The number of hydrogen-bond acceptors (Lipinski definition) is 8. The van der Waals surface area contributed by atoms with Crippen molar-refractivity contribution in [2.45, 2.75) is 70.9 Å². The molecule has 12 heteroatoms. The Kier molecular flexibility index (Phi) is 8.00. The number of halogens is 1. The Hall–Kier alpha value is -3.80. The van der Waals surface area contributed by atoms with Gasteiger partial charge in [0, 0.05) is 32.1 Å². The number of ether oxygens (including phenoxy) is 2. The zero-order valence-corrected chi connectivity index (χ0v) is 23.4. The summed E-state index contributed by atoms with van der Waals surface area (Å²) in [4.78, 5) is 28.6. The molecule has 0 unspecified atom stereocenters. The van der Waals surface area contributed by atoms with Crippen molar-refractivity contribution in [2.75, 3.05) is 36.5 Å². The van der Waals surface area contributed by atoms with E-state index in [0.29, 0.717) is 56.8 Å². The minimum absolute atomic E-state index is 0.0185. The lowest BCUT2D eigenvalue weighted by Gasteiger charge is -2.29. The number of rotatable bonds is 7. The fourth-order valence-corrected chi connectivity index (χ4v) is 5.97. The lowest BCUT2D eigenvalue weighted by molar-refractivity contribution is 0.0996. The second-order valence-electron chi connectivity index (χ2n) is 11.1. The molecular weight excluding hydrogens is 529 g/mol. The van der Waals surface area contributed by atoms with Crippen molar-refractivity contribution in [3.63, 3.8) is 0 Å². The van der Waals surface area contributed by atoms with E-state index in [0.717, 1.165) is 49.3 Å². The Morgan fingerprint density at radius 3 is 2.61 bits per heavy atom. The van der Waals surface area contributed by atoms with Gasteiger partial charge >= 0.3 is 5.69 Å². The van der Waals surface area contributed by atoms with E-state index in [1.807, 2.05) is 6.92 Å². The summed E-state index contributed by atoms with van der Waals surface area (Å²) in [5.41, 5.74) is -0.406. The van der Waals surface area contributed by atoms with E-state index in [4.69, 9.17) is 9.47 Å². The molecule has 3 aromatic rings. The molecule has 4 heterocycles. The van der Waals surface area contributed by atoms with Crippen LogP contribution in [-0.2, 0) is 17.7 Å². The van der Waals surface area contributed by atoms with Crippen molar-refractivity contribution in [1.29, 1.82) is 0 Å². The van der Waals surface area contributed by atoms with Crippen molar-refractivity contribution in [1.82, 2.24) is 24.5 Å². The third-order valence-electron chi connectivity index (χ3n) is 8.35. The standard InChI is InChI=1S/C29H36FN7O4/c1-19(20-7-3-2-4-8-20)41-24-18-23(37-29(39)36-12-6-5-9-27(36)34-37)22(30)17-21(24)28(38)31-25-10-11-26(33-32-25)35-13-15-40-16-14-35/h10-11,17-20H,2-9,12-16H2,1H3,(H,31,32,38)/t19-/m0/s1. The Labute approximate surface area is 237 Å². The number of hydrogen-bond donors (Lipinski definition) is 1. The SMILES string of the molecule is C[C@H](Oc1cc(-n2nc3n(c2=O)CCCC3)c(F)cc1C(=O)Nc1ccc(N2CCOCC2)nn1)C1CCCCC1. The van der Waals surface area contributed by atoms with Crippen molar-refractivity contribution in [3.8, 4) is 11.4 Å². The molecule has 1 saturated carbocycles. The van der Waals surface area contributed by atoms with Crippen LogP contribution >= 0.6 is 0 Å². The van der Waals surface area contributed by atoms with Gasteiger partial charge in [-0.1, -0.05) is 19.3 Å². The molecule has 1 aliphatic carbocycles. The Morgan fingerprint density at radius 2 is 1.88 bits per heavy atom. The van der Waals surface area contributed by atoms with E-state index in [1.54, 1.807) is 16.7 Å². The van der Waals surface area contributed by atoms with Gasteiger partial charge in [0.1, 0.15) is 23.1 Å². The summed E-state index contributed by atoms with van der Waals surface area (Å²) in [7, 11) is 0. The highest BCUT2D eigenvalue weighted by atomic mass is 19.1. The number of fused-ring (bicyclic) bond motifs is 1. The molecule has 2 aromatic heterocycles. The minimum Gasteiger partial charge on any atom is -0.490 e. The van der Waals surface area contributed by atoms with Crippen LogP contribution in [0.5, 0.6) is 5.75 Å². The smallest absolute Gasteiger partial charge is 0.350 e. The van der Waals surface area contributed by atoms with Crippen molar-refractivity contribution >= 4 is 17.5 Å². The molecule has 1 N–H and O–H groups in total. The van der Waals surface area contributed by atoms with Crippen LogP contribution in [-0.4, -0.2) is 62.9 Å². The first-order valence-corrected chi connectivity index (χ1v) is 14.6. The number of nitrogens with one attached hydrogen (secondary N) is 1. The second-order valence-corrected chi connectivity index (χ2v) is 11.1. The topological polar surface area (TPSA) is 116 Å². The van der Waals surface area contributed by atoms with Crippen LogP contribution in [0.25, 0.3) is 5.69 Å². The molecule has 1 saturated heterocycles. The van der Waals surface area contributed by atoms with E-state index in [-0.39, 0.29) is 28.9 Å². The summed E-state index contributed by atoms with van der Waals surface area (Å²) in [6.07, 6.45) is 7.83. The lowest BCUT2D eigenvalue weighted by atomic mass is 9.86. The maximum atomic E-state index is 15.6. The number of anilines is 2. The Bertz CT molecular complexity index is 1440. The number of aromatic nitrogens is 5. The summed E-state index contributed by atoms with van der Waals surface area (Å²) in [5.74, 6) is 0.785. The normalized spacial score (nSPS) is 18.5. The van der Waals surface area contributed by atoms with Gasteiger partial charge in [-0.2, -0.15) is 4.68 Å². The Morgan fingerprint density at radius 1 is 1.07 bits per heavy atom. The molecule has 2 aliphatic heterocycles. The zero-order chi connectivity index (χ0) is 28.3. The molecule has 6 rings (SSSR count). The van der Waals surface area contributed by atoms with Crippen molar-refractivity contribution in [3.05, 3.63) is 52.0 Å². The third kappa shape index (κ3) is 5.83. The van der Waals surface area contributed by atoms with Gasteiger partial charge in [-0.15, -0.1) is 15.3 Å². The number of nitrogens with zero attached hydrogens (tertiary/aromatic N) is 6. The predicted molar refractivity (Wildman–Crippen MR) is 150 cm³/mol. The van der Waals surface area contributed by atoms with Crippen LogP contribution < -0.4 is 20.6 Å². The maximum absolute atomic E-state index is 15.6. The van der Waals surface area contributed by atoms with E-state index in [9.17, 15) is 9.59 Å². The average Bonchev–Trinajstić information content (AvgIpc) is 3.35. The first-order valence-electron chi connectivity index (χ1n) is 14.6. The van der Waals surface area contributed by atoms with Gasteiger partial charge in [-0.3, -0.25) is 9.36 Å². The minimum atomic E-state index is -0.737. The van der Waals surface area contributed by atoms with E-state index in [2.05, 4.69) is 25.5 Å². The first kappa shape index (κ1) is 27.4. The molecular formula is C29H36FN7O4. The summed E-state index contributed by atoms with van der Waals surface area (Å²) in [6.45, 7) is 5.22. The van der Waals surface area contributed by atoms with Crippen LogP contribution in [0.15, 0.2) is 29.1 Å². The third-order valence-corrected chi connectivity index (χ3v) is 8.35. The zero-order valence-electron chi connectivity index (χ0n) is 23.4. The highest BCUT2D eigenvalue weighted by Crippen LogP contribution is 2.32. The molecule has 218 valence electrons. The molecule has 3 aliphatic rings. The number of benzene rings is 1. The number of carbonyl (C=O) groups excluding carboxylic acids is 1. The van der Waals surface area contributed by atoms with Crippen LogP contribution in [0, 0.1) is 11.7 Å². The molecule has 2 fully saturated rings. The number of morpholine rings is 1. The fourth-order valence-electron chi connectivity index (χ4n) is 5.97. The van der Waals surface area contributed by atoms with Gasteiger partial charge in [-0.05, 0) is 56.7 Å². The van der Waals surface area contributed by atoms with Crippen LogP contribution in [0.2, 0.25) is 0 Å². The van der Waals surface area contributed by atoms with Gasteiger partial charge in [0.15, 0.2) is 11.6 Å². The van der Waals surface area contributed by atoms with Gasteiger partial charge in [0.05, 0.1) is 24.9 Å². The molecule has 0 bridgehead atoms. The van der Waals surface area contributed by atoms with Crippen LogP contribution in [0.1, 0.15) is 68.1 Å². The molecule has 1 aromatic carbocycles. The summed E-state index contributed by atoms with van der Waals surface area (Å²) in [5, 5.41) is 15.6. The van der Waals surface area contributed by atoms with E-state index < -0.39 is 17.4 Å². The second kappa shape index (κ2) is 12.0. The fraction of sp³-hybridized carbons (Fsp3) is 0.552. The van der Waals surface area contributed by atoms with Gasteiger partial charge in [0.2, 0.25) is 0 Å². The van der Waals surface area contributed by atoms with Crippen molar-refractivity contribution < 1.29 is 18.7 Å². The van der Waals surface area contributed by atoms with Crippen LogP contribution in [0.3, 0.4) is 0 Å². The molecule has 11 nitrogen and oxygen atoms in total. The summed E-state index contributed by atoms with van der Waals surface area (Å²) < 4.78 is 30.1. The van der Waals surface area contributed by atoms with Gasteiger partial charge in [0.25, 0.3) is 5.91 Å². The van der Waals surface area contributed by atoms with E-state index >= 15 is 4.39 Å². The molecule has 1 amide bonds. The van der Waals surface area contributed by atoms with Crippen molar-refractivity contribution in [2.24, 2.45) is 5.92 Å². The maximum Gasteiger partial charge on any atom is 0.350 e. The first-order chi connectivity index (χ1) is 20.0. The van der Waals surface area contributed by atoms with Gasteiger partial charge < -0.3 is 19.7 Å². The summed E-state index contributed by atoms with van der Waals surface area (Å²) >= 11 is 0. The number of aryl methyl sites for hydroxylation is 1. The summed E-state index contributed by atoms with van der Waals surface area (Å²) in [6, 6.07) is 6.00. The van der Waals surface area contributed by atoms with Crippen LogP contribution in [0.4, 0.5) is 16.0 Å². The molecule has 0 spiro atoms. The quantitative estimate of drug-likeness (QED) is 0.461. The average molecular weight is 566 g/mol. The highest BCUT2D eigenvalue weighted by Gasteiger charge is 2.27. The van der Waals surface area contributed by atoms with Gasteiger partial charge in [-0.25, -0.2) is 9.18 Å². The largest absolute Gasteiger partial charge is 0.490 e. The molecule has 41 heavy (non-hydrogen) atoms. The highest BCUT2D eigenvalue weighted by molar-refractivity contribution is 6.06. The lowest BCUT2D eigenvalue weighted by Crippen LogP contribution is -2.36. The number of amides is 1. The Balaban J connectivity index is 1.30. The monoisotopic (exact) mass is 565 g/mol. The molecule has 0 radical (unpaired) electrons. The molecule has 1 atom stereocenters. The predicted octanol–water partition coefficient (Wildman–Crippen LogP) is 3.74.